The Balaban J connectivity index is 1.57. The Morgan fingerprint density at radius 2 is 1.82 bits per heavy atom. The number of carbonyl (C=O) groups is 1. The van der Waals surface area contributed by atoms with Gasteiger partial charge in [0.2, 0.25) is 5.95 Å². The van der Waals surface area contributed by atoms with Crippen molar-refractivity contribution < 1.29 is 9.53 Å². The zero-order valence-corrected chi connectivity index (χ0v) is 19.8. The zero-order valence-electron chi connectivity index (χ0n) is 19.8. The predicted molar refractivity (Wildman–Crippen MR) is 129 cm³/mol. The Morgan fingerprint density at radius 1 is 1.15 bits per heavy atom. The number of carbonyl (C=O) groups excluding carboxylic acids is 1. The van der Waals surface area contributed by atoms with Crippen molar-refractivity contribution in [3.8, 4) is 6.07 Å². The second kappa shape index (κ2) is 9.14. The van der Waals surface area contributed by atoms with Gasteiger partial charge in [-0.15, -0.1) is 0 Å². The zero-order chi connectivity index (χ0) is 23.6. The van der Waals surface area contributed by atoms with Crippen LogP contribution in [0.2, 0.25) is 0 Å². The largest absolute Gasteiger partial charge is 0.444 e. The number of nitrogens with zero attached hydrogens (tertiary/aromatic N) is 5. The third-order valence-electron chi connectivity index (χ3n) is 6.08. The van der Waals surface area contributed by atoms with E-state index in [1.54, 1.807) is 4.90 Å². The molecular weight excluding hydrogens is 414 g/mol. The summed E-state index contributed by atoms with van der Waals surface area (Å²) in [4.78, 5) is 21.4. The Morgan fingerprint density at radius 3 is 2.52 bits per heavy atom. The van der Waals surface area contributed by atoms with Crippen molar-refractivity contribution in [2.24, 2.45) is 0 Å². The van der Waals surface area contributed by atoms with Gasteiger partial charge in [0.1, 0.15) is 5.60 Å². The molecule has 4 rings (SSSR count). The maximum absolute atomic E-state index is 12.4. The lowest BCUT2D eigenvalue weighted by Gasteiger charge is -2.37. The normalized spacial score (nSPS) is 14.8. The third kappa shape index (κ3) is 4.95. The van der Waals surface area contributed by atoms with E-state index < -0.39 is 5.60 Å². The summed E-state index contributed by atoms with van der Waals surface area (Å²) in [6.45, 7) is 7.55. The van der Waals surface area contributed by atoms with Gasteiger partial charge in [0.25, 0.3) is 0 Å². The minimum Gasteiger partial charge on any atom is -0.444 e. The first-order valence-corrected chi connectivity index (χ1v) is 11.4. The van der Waals surface area contributed by atoms with Crippen LogP contribution in [0.25, 0.3) is 11.0 Å². The highest BCUT2D eigenvalue weighted by molar-refractivity contribution is 5.79. The lowest BCUT2D eigenvalue weighted by Crippen LogP contribution is -2.47. The molecule has 0 saturated carbocycles. The first-order chi connectivity index (χ1) is 15.8. The smallest absolute Gasteiger partial charge is 0.410 e. The van der Waals surface area contributed by atoms with Gasteiger partial charge in [-0.05, 0) is 57.4 Å². The summed E-state index contributed by atoms with van der Waals surface area (Å²) in [5.41, 5.74) is 3.13. The summed E-state index contributed by atoms with van der Waals surface area (Å²) in [7, 11) is 2.07. The molecule has 1 aliphatic heterocycles. The molecule has 1 aromatic heterocycles. The molecule has 0 radical (unpaired) electrons. The van der Waals surface area contributed by atoms with Gasteiger partial charge in [-0.1, -0.05) is 30.3 Å². The number of piperidine rings is 1. The van der Waals surface area contributed by atoms with E-state index in [9.17, 15) is 10.1 Å². The number of hydrogen-bond acceptors (Lipinski definition) is 5. The van der Waals surface area contributed by atoms with Crippen molar-refractivity contribution in [3.05, 3.63) is 59.7 Å². The number of hydrogen-bond donors (Lipinski definition) is 0. The Hall–Kier alpha value is -3.53. The average molecular weight is 446 g/mol. The molecule has 3 aromatic rings. The molecule has 1 fully saturated rings. The van der Waals surface area contributed by atoms with Crippen molar-refractivity contribution in [1.29, 1.82) is 5.26 Å². The van der Waals surface area contributed by atoms with Crippen LogP contribution < -0.4 is 4.90 Å². The van der Waals surface area contributed by atoms with Crippen LogP contribution in [-0.2, 0) is 11.3 Å². The minimum absolute atomic E-state index is 0.246. The van der Waals surface area contributed by atoms with E-state index in [0.717, 1.165) is 35.4 Å². The molecule has 7 nitrogen and oxygen atoms in total. The monoisotopic (exact) mass is 445 g/mol. The summed E-state index contributed by atoms with van der Waals surface area (Å²) in [6, 6.07) is 18.4. The van der Waals surface area contributed by atoms with Crippen LogP contribution in [-0.4, -0.2) is 52.3 Å². The lowest BCUT2D eigenvalue weighted by molar-refractivity contribution is 0.0205. The van der Waals surface area contributed by atoms with E-state index in [1.165, 1.54) is 0 Å². The molecule has 33 heavy (non-hydrogen) atoms. The number of imidazole rings is 1. The number of para-hydroxylation sites is 2. The molecule has 0 N–H and O–H groups in total. The molecule has 7 heteroatoms. The molecule has 1 saturated heterocycles. The van der Waals surface area contributed by atoms with Crippen molar-refractivity contribution in [2.45, 2.75) is 51.8 Å². The Kier molecular flexibility index (Phi) is 6.28. The molecule has 0 bridgehead atoms. The highest BCUT2D eigenvalue weighted by Gasteiger charge is 2.30. The summed E-state index contributed by atoms with van der Waals surface area (Å²) >= 11 is 0. The Bertz CT molecular complexity index is 1180. The Labute approximate surface area is 195 Å². The number of fused-ring (bicyclic) bond motifs is 1. The van der Waals surface area contributed by atoms with Crippen molar-refractivity contribution in [2.75, 3.05) is 25.0 Å². The predicted octanol–water partition coefficient (Wildman–Crippen LogP) is 4.79. The van der Waals surface area contributed by atoms with Crippen LogP contribution in [0.5, 0.6) is 0 Å². The quantitative estimate of drug-likeness (QED) is 0.577. The van der Waals surface area contributed by atoms with E-state index in [1.807, 2.05) is 63.2 Å². The van der Waals surface area contributed by atoms with Gasteiger partial charge in [-0.25, -0.2) is 9.78 Å². The van der Waals surface area contributed by atoms with Gasteiger partial charge in [0.15, 0.2) is 0 Å². The fraction of sp³-hybridized carbons (Fsp3) is 0.423. The van der Waals surface area contributed by atoms with Crippen LogP contribution in [0.3, 0.4) is 0 Å². The molecule has 2 aromatic carbocycles. The highest BCUT2D eigenvalue weighted by Crippen LogP contribution is 2.28. The van der Waals surface area contributed by atoms with E-state index in [4.69, 9.17) is 9.72 Å². The van der Waals surface area contributed by atoms with Crippen molar-refractivity contribution in [3.63, 3.8) is 0 Å². The number of amides is 1. The van der Waals surface area contributed by atoms with Gasteiger partial charge in [0.05, 0.1) is 29.2 Å². The fourth-order valence-corrected chi connectivity index (χ4v) is 4.35. The van der Waals surface area contributed by atoms with E-state index in [0.29, 0.717) is 25.2 Å². The van der Waals surface area contributed by atoms with Crippen LogP contribution in [0, 0.1) is 11.3 Å². The first kappa shape index (κ1) is 22.7. The summed E-state index contributed by atoms with van der Waals surface area (Å²) < 4.78 is 7.72. The average Bonchev–Trinajstić information content (AvgIpc) is 3.16. The van der Waals surface area contributed by atoms with Gasteiger partial charge in [-0.3, -0.25) is 0 Å². The van der Waals surface area contributed by atoms with Crippen molar-refractivity contribution in [1.82, 2.24) is 14.5 Å². The van der Waals surface area contributed by atoms with E-state index in [2.05, 4.69) is 28.7 Å². The number of rotatable bonds is 4. The standard InChI is InChI=1S/C26H31N5O2/c1-26(2,3)33-25(32)30-15-13-21(14-16-30)29(4)24-28-22-11-7-8-12-23(22)31(24)18-20-10-6-5-9-19(20)17-27/h5-12,21H,13-16,18H2,1-4H3. The third-order valence-corrected chi connectivity index (χ3v) is 6.08. The number of benzene rings is 2. The molecular formula is C26H31N5O2. The molecule has 172 valence electrons. The van der Waals surface area contributed by atoms with E-state index >= 15 is 0 Å². The number of aromatic nitrogens is 2. The second-order valence-electron chi connectivity index (χ2n) is 9.57. The number of likely N-dealkylation sites (tertiary alicyclic amines) is 1. The number of nitriles is 1. The first-order valence-electron chi connectivity index (χ1n) is 11.4. The van der Waals surface area contributed by atoms with Crippen LogP contribution >= 0.6 is 0 Å². The molecule has 0 spiro atoms. The van der Waals surface area contributed by atoms with Crippen LogP contribution in [0.4, 0.5) is 10.7 Å². The van der Waals surface area contributed by atoms with Gasteiger partial charge < -0.3 is 19.1 Å². The topological polar surface area (TPSA) is 74.4 Å². The molecule has 0 aliphatic carbocycles. The lowest BCUT2D eigenvalue weighted by atomic mass is 10.0. The number of ether oxygens (including phenoxy) is 1. The summed E-state index contributed by atoms with van der Waals surface area (Å²) in [5, 5.41) is 9.56. The van der Waals surface area contributed by atoms with Gasteiger partial charge in [-0.2, -0.15) is 5.26 Å². The maximum Gasteiger partial charge on any atom is 0.410 e. The SMILES string of the molecule is CN(c1nc2ccccc2n1Cc1ccccc1C#N)C1CCN(C(=O)OC(C)(C)C)CC1. The molecule has 2 heterocycles. The van der Waals surface area contributed by atoms with Crippen LogP contribution in [0.15, 0.2) is 48.5 Å². The maximum atomic E-state index is 12.4. The summed E-state index contributed by atoms with van der Waals surface area (Å²) in [5.74, 6) is 0.875. The summed E-state index contributed by atoms with van der Waals surface area (Å²) in [6.07, 6.45) is 1.44. The highest BCUT2D eigenvalue weighted by atomic mass is 16.6. The molecule has 0 unspecified atom stereocenters. The fourth-order valence-electron chi connectivity index (χ4n) is 4.35. The van der Waals surface area contributed by atoms with Crippen molar-refractivity contribution >= 4 is 23.1 Å². The van der Waals surface area contributed by atoms with Gasteiger partial charge >= 0.3 is 6.09 Å². The van der Waals surface area contributed by atoms with Gasteiger partial charge in [0, 0.05) is 26.2 Å². The van der Waals surface area contributed by atoms with Crippen LogP contribution in [0.1, 0.15) is 44.7 Å². The molecule has 1 aliphatic rings. The second-order valence-corrected chi connectivity index (χ2v) is 9.57. The van der Waals surface area contributed by atoms with E-state index in [-0.39, 0.29) is 12.1 Å². The number of anilines is 1. The minimum atomic E-state index is -0.491. The molecule has 1 amide bonds. The molecule has 0 atom stereocenters.